The lowest BCUT2D eigenvalue weighted by Gasteiger charge is -2.27. The lowest BCUT2D eigenvalue weighted by molar-refractivity contribution is 0.0516. The van der Waals surface area contributed by atoms with Crippen LogP contribution in [0.2, 0.25) is 0 Å². The van der Waals surface area contributed by atoms with Gasteiger partial charge in [-0.05, 0) is 63.5 Å². The summed E-state index contributed by atoms with van der Waals surface area (Å²) in [4.78, 5) is 17.5. The first-order valence-corrected chi connectivity index (χ1v) is 8.49. The van der Waals surface area contributed by atoms with Crippen LogP contribution in [-0.2, 0) is 22.3 Å². The molecule has 0 spiro atoms. The van der Waals surface area contributed by atoms with Crippen LogP contribution in [0.3, 0.4) is 0 Å². The van der Waals surface area contributed by atoms with Crippen molar-refractivity contribution in [2.45, 2.75) is 58.3 Å². The van der Waals surface area contributed by atoms with Crippen molar-refractivity contribution < 1.29 is 14.3 Å². The Morgan fingerprint density at radius 1 is 1.27 bits per heavy atom. The highest BCUT2D eigenvalue weighted by atomic mass is 16.5. The van der Waals surface area contributed by atoms with Gasteiger partial charge in [0.2, 0.25) is 0 Å². The van der Waals surface area contributed by atoms with E-state index in [1.165, 1.54) is 24.1 Å². The van der Waals surface area contributed by atoms with E-state index in [0.717, 1.165) is 55.7 Å². The molecule has 2 aliphatic rings. The number of hydrogen-bond acceptors (Lipinski definition) is 4. The summed E-state index contributed by atoms with van der Waals surface area (Å²) >= 11 is 0. The minimum atomic E-state index is -0.206. The molecule has 0 bridgehead atoms. The Morgan fingerprint density at radius 2 is 2.00 bits per heavy atom. The van der Waals surface area contributed by atoms with Crippen LogP contribution in [-0.4, -0.2) is 30.8 Å². The maximum Gasteiger partial charge on any atom is 0.340 e. The standard InChI is InChI=1S/C18H25NO3/c1-3-22-18(20)16-12(2)14-6-4-5-7-15(14)19-17(16)13-8-10-21-11-9-13/h13H,3-11H2,1-2H3. The van der Waals surface area contributed by atoms with Gasteiger partial charge in [0.25, 0.3) is 0 Å². The number of ether oxygens (including phenoxy) is 2. The SMILES string of the molecule is CCOC(=O)c1c(C2CCOCC2)nc2c(c1C)CCCC2. The molecule has 1 aromatic rings. The molecular formula is C18H25NO3. The third-order valence-electron chi connectivity index (χ3n) is 4.87. The highest BCUT2D eigenvalue weighted by molar-refractivity contribution is 5.93. The fraction of sp³-hybridized carbons (Fsp3) is 0.667. The van der Waals surface area contributed by atoms with Crippen molar-refractivity contribution in [1.29, 1.82) is 0 Å². The summed E-state index contributed by atoms with van der Waals surface area (Å²) in [6.07, 6.45) is 6.35. The highest BCUT2D eigenvalue weighted by Crippen LogP contribution is 2.34. The Hall–Kier alpha value is -1.42. The fourth-order valence-electron chi connectivity index (χ4n) is 3.69. The Balaban J connectivity index is 2.08. The zero-order chi connectivity index (χ0) is 15.5. The van der Waals surface area contributed by atoms with E-state index < -0.39 is 0 Å². The van der Waals surface area contributed by atoms with Gasteiger partial charge in [-0.2, -0.15) is 0 Å². The summed E-state index contributed by atoms with van der Waals surface area (Å²) in [5.74, 6) is 0.112. The van der Waals surface area contributed by atoms with Gasteiger partial charge in [0.1, 0.15) is 0 Å². The number of carbonyl (C=O) groups excluding carboxylic acids is 1. The summed E-state index contributed by atoms with van der Waals surface area (Å²) in [6, 6.07) is 0. The lowest BCUT2D eigenvalue weighted by atomic mass is 9.85. The molecule has 22 heavy (non-hydrogen) atoms. The Bertz CT molecular complexity index is 562. The first-order valence-electron chi connectivity index (χ1n) is 8.49. The third kappa shape index (κ3) is 2.89. The molecule has 1 aromatic heterocycles. The van der Waals surface area contributed by atoms with E-state index >= 15 is 0 Å². The molecule has 3 rings (SSSR count). The Kier molecular flexibility index (Phi) is 4.77. The average molecular weight is 303 g/mol. The van der Waals surface area contributed by atoms with E-state index in [1.54, 1.807) is 0 Å². The van der Waals surface area contributed by atoms with Crippen LogP contribution in [0.25, 0.3) is 0 Å². The van der Waals surface area contributed by atoms with Crippen molar-refractivity contribution in [3.05, 3.63) is 28.1 Å². The van der Waals surface area contributed by atoms with E-state index in [0.29, 0.717) is 12.5 Å². The number of fused-ring (bicyclic) bond motifs is 1. The molecule has 4 nitrogen and oxygen atoms in total. The van der Waals surface area contributed by atoms with Gasteiger partial charge in [0.15, 0.2) is 0 Å². The lowest BCUT2D eigenvalue weighted by Crippen LogP contribution is -2.23. The van der Waals surface area contributed by atoms with Crippen LogP contribution in [0.15, 0.2) is 0 Å². The Morgan fingerprint density at radius 3 is 2.73 bits per heavy atom. The van der Waals surface area contributed by atoms with Crippen LogP contribution < -0.4 is 0 Å². The van der Waals surface area contributed by atoms with Crippen LogP contribution >= 0.6 is 0 Å². The predicted molar refractivity (Wildman–Crippen MR) is 84.4 cm³/mol. The van der Waals surface area contributed by atoms with Gasteiger partial charge in [-0.1, -0.05) is 0 Å². The van der Waals surface area contributed by atoms with Gasteiger partial charge in [0.05, 0.1) is 17.9 Å². The summed E-state index contributed by atoms with van der Waals surface area (Å²) in [5.41, 5.74) is 5.28. The molecular weight excluding hydrogens is 278 g/mol. The monoisotopic (exact) mass is 303 g/mol. The summed E-state index contributed by atoms with van der Waals surface area (Å²) in [7, 11) is 0. The topological polar surface area (TPSA) is 48.4 Å². The smallest absolute Gasteiger partial charge is 0.340 e. The van der Waals surface area contributed by atoms with Crippen molar-refractivity contribution in [3.63, 3.8) is 0 Å². The van der Waals surface area contributed by atoms with Crippen LogP contribution in [0.1, 0.15) is 71.4 Å². The van der Waals surface area contributed by atoms with E-state index in [1.807, 2.05) is 6.92 Å². The third-order valence-corrected chi connectivity index (χ3v) is 4.87. The molecule has 120 valence electrons. The van der Waals surface area contributed by atoms with Crippen molar-refractivity contribution in [2.24, 2.45) is 0 Å². The summed E-state index contributed by atoms with van der Waals surface area (Å²) < 4.78 is 10.8. The van der Waals surface area contributed by atoms with Gasteiger partial charge in [-0.25, -0.2) is 4.79 Å². The number of pyridine rings is 1. The van der Waals surface area contributed by atoms with E-state index in [-0.39, 0.29) is 5.97 Å². The molecule has 1 fully saturated rings. The maximum absolute atomic E-state index is 12.5. The van der Waals surface area contributed by atoms with Gasteiger partial charge in [0, 0.05) is 24.8 Å². The number of nitrogens with zero attached hydrogens (tertiary/aromatic N) is 1. The van der Waals surface area contributed by atoms with E-state index in [2.05, 4.69) is 6.92 Å². The molecule has 4 heteroatoms. The largest absolute Gasteiger partial charge is 0.462 e. The number of carbonyl (C=O) groups is 1. The quantitative estimate of drug-likeness (QED) is 0.804. The number of esters is 1. The molecule has 0 unspecified atom stereocenters. The van der Waals surface area contributed by atoms with Crippen LogP contribution in [0.4, 0.5) is 0 Å². The average Bonchev–Trinajstić information content (AvgIpc) is 2.55. The molecule has 1 aliphatic heterocycles. The molecule has 1 aliphatic carbocycles. The number of aromatic nitrogens is 1. The van der Waals surface area contributed by atoms with Crippen LogP contribution in [0.5, 0.6) is 0 Å². The zero-order valence-corrected chi connectivity index (χ0v) is 13.6. The first-order chi connectivity index (χ1) is 10.7. The number of rotatable bonds is 3. The van der Waals surface area contributed by atoms with Crippen LogP contribution in [0, 0.1) is 6.92 Å². The van der Waals surface area contributed by atoms with Gasteiger partial charge >= 0.3 is 5.97 Å². The molecule has 0 saturated carbocycles. The van der Waals surface area contributed by atoms with E-state index in [4.69, 9.17) is 14.5 Å². The van der Waals surface area contributed by atoms with Gasteiger partial charge in [-0.3, -0.25) is 4.98 Å². The molecule has 0 N–H and O–H groups in total. The minimum absolute atomic E-state index is 0.206. The number of aryl methyl sites for hydroxylation is 1. The molecule has 0 aromatic carbocycles. The minimum Gasteiger partial charge on any atom is -0.462 e. The van der Waals surface area contributed by atoms with Crippen molar-refractivity contribution in [1.82, 2.24) is 4.98 Å². The van der Waals surface area contributed by atoms with Crippen molar-refractivity contribution in [2.75, 3.05) is 19.8 Å². The number of hydrogen-bond donors (Lipinski definition) is 0. The zero-order valence-electron chi connectivity index (χ0n) is 13.6. The second-order valence-electron chi connectivity index (χ2n) is 6.24. The second kappa shape index (κ2) is 6.78. The van der Waals surface area contributed by atoms with Gasteiger partial charge < -0.3 is 9.47 Å². The van der Waals surface area contributed by atoms with Gasteiger partial charge in [-0.15, -0.1) is 0 Å². The molecule has 0 atom stereocenters. The molecule has 0 amide bonds. The molecule has 0 radical (unpaired) electrons. The summed E-state index contributed by atoms with van der Waals surface area (Å²) in [6.45, 7) is 5.84. The normalized spacial score (nSPS) is 18.8. The summed E-state index contributed by atoms with van der Waals surface area (Å²) in [5, 5.41) is 0. The predicted octanol–water partition coefficient (Wildman–Crippen LogP) is 3.34. The Labute approximate surface area is 132 Å². The van der Waals surface area contributed by atoms with Crippen molar-refractivity contribution in [3.8, 4) is 0 Å². The highest BCUT2D eigenvalue weighted by Gasteiger charge is 2.29. The first kappa shape index (κ1) is 15.5. The molecule has 2 heterocycles. The van der Waals surface area contributed by atoms with Crippen molar-refractivity contribution >= 4 is 5.97 Å². The molecule has 1 saturated heterocycles. The fourth-order valence-corrected chi connectivity index (χ4v) is 3.69. The second-order valence-corrected chi connectivity index (χ2v) is 6.24. The maximum atomic E-state index is 12.5. The van der Waals surface area contributed by atoms with E-state index in [9.17, 15) is 4.79 Å².